The van der Waals surface area contributed by atoms with E-state index < -0.39 is 0 Å². The Morgan fingerprint density at radius 3 is 2.65 bits per heavy atom. The predicted molar refractivity (Wildman–Crippen MR) is 125 cm³/mol. The van der Waals surface area contributed by atoms with Gasteiger partial charge in [-0.15, -0.1) is 11.8 Å². The molecule has 0 saturated heterocycles. The van der Waals surface area contributed by atoms with E-state index in [1.807, 2.05) is 94.0 Å². The second kappa shape index (κ2) is 8.86. The van der Waals surface area contributed by atoms with Crippen LogP contribution in [0.5, 0.6) is 5.75 Å². The van der Waals surface area contributed by atoms with E-state index in [1.165, 1.54) is 0 Å². The van der Waals surface area contributed by atoms with E-state index in [-0.39, 0.29) is 12.5 Å². The van der Waals surface area contributed by atoms with Crippen LogP contribution in [0.1, 0.15) is 12.2 Å². The summed E-state index contributed by atoms with van der Waals surface area (Å²) in [5.74, 6) is 2.62. The molecular formula is C25H23N3O2S. The Morgan fingerprint density at radius 2 is 1.74 bits per heavy atom. The summed E-state index contributed by atoms with van der Waals surface area (Å²) in [5, 5.41) is 0. The van der Waals surface area contributed by atoms with Gasteiger partial charge in [-0.1, -0.05) is 42.5 Å². The first-order valence-electron chi connectivity index (χ1n) is 10.4. The number of carbonyl (C=O) groups excluding carboxylic acids is 1. The number of nitrogens with zero attached hydrogens (tertiary/aromatic N) is 3. The highest BCUT2D eigenvalue weighted by atomic mass is 32.2. The lowest BCUT2D eigenvalue weighted by atomic mass is 10.2. The minimum atomic E-state index is 0.0686. The summed E-state index contributed by atoms with van der Waals surface area (Å²) in [5.41, 5.74) is 2.82. The van der Waals surface area contributed by atoms with Gasteiger partial charge in [0, 0.05) is 11.4 Å². The highest BCUT2D eigenvalue weighted by molar-refractivity contribution is 7.99. The quantitative estimate of drug-likeness (QED) is 0.440. The lowest BCUT2D eigenvalue weighted by Crippen LogP contribution is -2.35. The van der Waals surface area contributed by atoms with Gasteiger partial charge < -0.3 is 14.2 Å². The molecule has 5 nitrogen and oxygen atoms in total. The van der Waals surface area contributed by atoms with Gasteiger partial charge in [0.15, 0.2) is 0 Å². The number of anilines is 1. The molecule has 31 heavy (non-hydrogen) atoms. The topological polar surface area (TPSA) is 47.4 Å². The molecule has 0 unspecified atom stereocenters. The minimum Gasteiger partial charge on any atom is -0.486 e. The maximum absolute atomic E-state index is 13.5. The SMILES string of the molecule is O=C(Cn1c(COc2ccccc2)nc2ccccc21)N1CCCSc2ccccc21. The summed E-state index contributed by atoms with van der Waals surface area (Å²) in [6, 6.07) is 25.8. The first-order chi connectivity index (χ1) is 15.3. The fraction of sp³-hybridized carbons (Fsp3) is 0.200. The van der Waals surface area contributed by atoms with Crippen molar-refractivity contribution in [2.75, 3.05) is 17.2 Å². The molecule has 0 N–H and O–H groups in total. The predicted octanol–water partition coefficient (Wildman–Crippen LogP) is 5.14. The van der Waals surface area contributed by atoms with Crippen molar-refractivity contribution in [3.63, 3.8) is 0 Å². The smallest absolute Gasteiger partial charge is 0.247 e. The summed E-state index contributed by atoms with van der Waals surface area (Å²) >= 11 is 1.82. The minimum absolute atomic E-state index is 0.0686. The van der Waals surface area contributed by atoms with Gasteiger partial charge in [-0.05, 0) is 48.6 Å². The molecule has 3 aromatic carbocycles. The molecule has 4 aromatic rings. The van der Waals surface area contributed by atoms with Crippen molar-refractivity contribution >= 4 is 34.4 Å². The Morgan fingerprint density at radius 1 is 0.968 bits per heavy atom. The van der Waals surface area contributed by atoms with Gasteiger partial charge in [-0.25, -0.2) is 4.98 Å². The van der Waals surface area contributed by atoms with E-state index in [0.29, 0.717) is 6.61 Å². The van der Waals surface area contributed by atoms with E-state index in [2.05, 4.69) is 6.07 Å². The molecule has 0 radical (unpaired) electrons. The van der Waals surface area contributed by atoms with Crippen molar-refractivity contribution in [1.82, 2.24) is 9.55 Å². The van der Waals surface area contributed by atoms with Gasteiger partial charge in [-0.3, -0.25) is 4.79 Å². The van der Waals surface area contributed by atoms with E-state index in [1.54, 1.807) is 0 Å². The molecule has 0 saturated carbocycles. The Labute approximate surface area is 185 Å². The standard InChI is InChI=1S/C25H23N3O2S/c29-25(27-15-8-16-31-23-14-7-6-13-22(23)27)17-28-21-12-5-4-11-20(21)26-24(28)18-30-19-9-2-1-3-10-19/h1-7,9-14H,8,15-18H2. The Kier molecular flexibility index (Phi) is 5.63. The zero-order valence-corrected chi connectivity index (χ0v) is 17.9. The Balaban J connectivity index is 1.45. The van der Waals surface area contributed by atoms with Gasteiger partial charge in [0.05, 0.1) is 16.7 Å². The zero-order valence-electron chi connectivity index (χ0n) is 17.1. The fourth-order valence-electron chi connectivity index (χ4n) is 3.88. The monoisotopic (exact) mass is 429 g/mol. The van der Waals surface area contributed by atoms with Crippen LogP contribution in [0, 0.1) is 0 Å². The third kappa shape index (κ3) is 4.16. The van der Waals surface area contributed by atoms with Crippen LogP contribution in [0.2, 0.25) is 0 Å². The van der Waals surface area contributed by atoms with E-state index in [4.69, 9.17) is 9.72 Å². The largest absolute Gasteiger partial charge is 0.486 e. The van der Waals surface area contributed by atoms with Crippen LogP contribution in [0.3, 0.4) is 0 Å². The molecule has 1 amide bonds. The van der Waals surface area contributed by atoms with Crippen LogP contribution >= 0.6 is 11.8 Å². The van der Waals surface area contributed by atoms with Crippen molar-refractivity contribution < 1.29 is 9.53 Å². The third-order valence-electron chi connectivity index (χ3n) is 5.38. The second-order valence-corrected chi connectivity index (χ2v) is 8.56. The molecule has 156 valence electrons. The van der Waals surface area contributed by atoms with E-state index in [0.717, 1.165) is 51.9 Å². The average molecular weight is 430 g/mol. The Bertz CT molecular complexity index is 1210. The number of fused-ring (bicyclic) bond motifs is 2. The van der Waals surface area contributed by atoms with Crippen LogP contribution in [-0.2, 0) is 17.9 Å². The summed E-state index contributed by atoms with van der Waals surface area (Å²) in [4.78, 5) is 21.3. The van der Waals surface area contributed by atoms with Gasteiger partial charge >= 0.3 is 0 Å². The van der Waals surface area contributed by atoms with Crippen LogP contribution in [-0.4, -0.2) is 27.8 Å². The molecule has 5 rings (SSSR count). The number of para-hydroxylation sites is 4. The van der Waals surface area contributed by atoms with Crippen LogP contribution in [0.4, 0.5) is 5.69 Å². The van der Waals surface area contributed by atoms with E-state index >= 15 is 0 Å². The number of imidazole rings is 1. The maximum atomic E-state index is 13.5. The molecule has 0 bridgehead atoms. The van der Waals surface area contributed by atoms with Gasteiger partial charge in [0.25, 0.3) is 0 Å². The summed E-state index contributed by atoms with van der Waals surface area (Å²) < 4.78 is 7.94. The van der Waals surface area contributed by atoms with Crippen molar-refractivity contribution in [2.45, 2.75) is 24.5 Å². The Hall–Kier alpha value is -3.25. The van der Waals surface area contributed by atoms with Crippen LogP contribution in [0.25, 0.3) is 11.0 Å². The first-order valence-corrected chi connectivity index (χ1v) is 11.4. The number of hydrogen-bond donors (Lipinski definition) is 0. The van der Waals surface area contributed by atoms with Crippen LogP contribution < -0.4 is 9.64 Å². The molecule has 0 aliphatic carbocycles. The van der Waals surface area contributed by atoms with Crippen LogP contribution in [0.15, 0.2) is 83.8 Å². The molecule has 6 heteroatoms. The van der Waals surface area contributed by atoms with Gasteiger partial charge in [-0.2, -0.15) is 0 Å². The molecule has 1 aliphatic rings. The number of amides is 1. The molecule has 2 heterocycles. The molecule has 0 spiro atoms. The number of aromatic nitrogens is 2. The van der Waals surface area contributed by atoms with Gasteiger partial charge in [0.1, 0.15) is 24.7 Å². The van der Waals surface area contributed by atoms with Crippen molar-refractivity contribution in [3.8, 4) is 5.75 Å². The number of benzene rings is 3. The first kappa shape index (κ1) is 19.7. The number of rotatable bonds is 5. The van der Waals surface area contributed by atoms with Crippen molar-refractivity contribution in [1.29, 1.82) is 0 Å². The lowest BCUT2D eigenvalue weighted by molar-refractivity contribution is -0.119. The molecule has 0 atom stereocenters. The molecule has 0 fully saturated rings. The van der Waals surface area contributed by atoms with E-state index in [9.17, 15) is 4.79 Å². The lowest BCUT2D eigenvalue weighted by Gasteiger charge is -2.23. The highest BCUT2D eigenvalue weighted by Gasteiger charge is 2.23. The van der Waals surface area contributed by atoms with Gasteiger partial charge in [0.2, 0.25) is 5.91 Å². The number of carbonyl (C=O) groups is 1. The highest BCUT2D eigenvalue weighted by Crippen LogP contribution is 2.34. The average Bonchev–Trinajstić information content (AvgIpc) is 3.00. The molecule has 1 aromatic heterocycles. The number of hydrogen-bond acceptors (Lipinski definition) is 4. The second-order valence-electron chi connectivity index (χ2n) is 7.42. The molecular weight excluding hydrogens is 406 g/mol. The summed E-state index contributed by atoms with van der Waals surface area (Å²) in [6.07, 6.45) is 0.972. The summed E-state index contributed by atoms with van der Waals surface area (Å²) in [6.45, 7) is 1.26. The zero-order chi connectivity index (χ0) is 21.0. The normalized spacial score (nSPS) is 13.6. The maximum Gasteiger partial charge on any atom is 0.247 e. The van der Waals surface area contributed by atoms with Crippen molar-refractivity contribution in [3.05, 3.63) is 84.7 Å². The fourth-order valence-corrected chi connectivity index (χ4v) is 4.88. The third-order valence-corrected chi connectivity index (χ3v) is 6.53. The number of ether oxygens (including phenoxy) is 1. The van der Waals surface area contributed by atoms with Crippen molar-refractivity contribution in [2.24, 2.45) is 0 Å². The molecule has 1 aliphatic heterocycles. The number of thioether (sulfide) groups is 1. The summed E-state index contributed by atoms with van der Waals surface area (Å²) in [7, 11) is 0.